The molecule has 1 N–H and O–H groups in total. The van der Waals surface area contributed by atoms with Gasteiger partial charge < -0.3 is 9.88 Å². The highest BCUT2D eigenvalue weighted by molar-refractivity contribution is 6.31. The Morgan fingerprint density at radius 1 is 1.11 bits per heavy atom. The number of hydrogen-bond acceptors (Lipinski definition) is 3. The van der Waals surface area contributed by atoms with Gasteiger partial charge in [0.1, 0.15) is 0 Å². The van der Waals surface area contributed by atoms with Crippen molar-refractivity contribution in [3.63, 3.8) is 0 Å². The fraction of sp³-hybridized carbons (Fsp3) is 0.296. The highest BCUT2D eigenvalue weighted by Crippen LogP contribution is 2.25. The van der Waals surface area contributed by atoms with Crippen LogP contribution in [-0.2, 0) is 11.3 Å². The lowest BCUT2D eigenvalue weighted by molar-refractivity contribution is -0.127. The van der Waals surface area contributed by atoms with Crippen molar-refractivity contribution in [3.05, 3.63) is 92.6 Å². The number of amides is 1. The van der Waals surface area contributed by atoms with E-state index >= 15 is 0 Å². The van der Waals surface area contributed by atoms with Gasteiger partial charge in [-0.1, -0.05) is 41.9 Å². The molecule has 1 amide bonds. The van der Waals surface area contributed by atoms with Crippen LogP contribution in [0.2, 0.25) is 5.02 Å². The molecular weight excluding hydrogens is 462 g/mol. The number of H-pyrrole nitrogens is 1. The number of imidazole rings is 1. The second-order valence-electron chi connectivity index (χ2n) is 9.04. The van der Waals surface area contributed by atoms with Gasteiger partial charge in [-0.15, -0.1) is 0 Å². The van der Waals surface area contributed by atoms with Crippen LogP contribution in [-0.4, -0.2) is 43.2 Å². The highest BCUT2D eigenvalue weighted by atomic mass is 35.5. The molecule has 1 saturated heterocycles. The zero-order valence-corrected chi connectivity index (χ0v) is 20.6. The molecule has 1 fully saturated rings. The highest BCUT2D eigenvalue weighted by Gasteiger charge is 2.25. The summed E-state index contributed by atoms with van der Waals surface area (Å²) in [5.41, 5.74) is 5.49. The largest absolute Gasteiger partial charge is 0.339 e. The molecule has 1 aliphatic heterocycles. The SMILES string of the molecule is Cc1nn(Cc2ccccc2Cl)c(C)c1/C=C/C(=O)N1CCC(n2c(=O)[nH]c3ccccc32)CC1. The van der Waals surface area contributed by atoms with Crippen LogP contribution in [0.25, 0.3) is 17.1 Å². The van der Waals surface area contributed by atoms with Crippen LogP contribution in [0.1, 0.15) is 41.4 Å². The van der Waals surface area contributed by atoms with E-state index in [1.54, 1.807) is 6.08 Å². The van der Waals surface area contributed by atoms with Crippen molar-refractivity contribution in [2.45, 2.75) is 39.3 Å². The number of halogens is 1. The molecule has 7 nitrogen and oxygen atoms in total. The number of likely N-dealkylation sites (tertiary alicyclic amines) is 1. The summed E-state index contributed by atoms with van der Waals surface area (Å²) >= 11 is 6.32. The summed E-state index contributed by atoms with van der Waals surface area (Å²) < 4.78 is 3.76. The van der Waals surface area contributed by atoms with Crippen LogP contribution in [0, 0.1) is 13.8 Å². The molecule has 0 radical (unpaired) electrons. The molecule has 2 aromatic heterocycles. The van der Waals surface area contributed by atoms with E-state index in [9.17, 15) is 9.59 Å². The predicted octanol–water partition coefficient (Wildman–Crippen LogP) is 4.72. The molecule has 35 heavy (non-hydrogen) atoms. The van der Waals surface area contributed by atoms with E-state index in [-0.39, 0.29) is 17.6 Å². The minimum absolute atomic E-state index is 0.0209. The summed E-state index contributed by atoms with van der Waals surface area (Å²) in [5, 5.41) is 5.37. The molecule has 8 heteroatoms. The molecule has 0 spiro atoms. The fourth-order valence-electron chi connectivity index (χ4n) is 4.94. The second-order valence-corrected chi connectivity index (χ2v) is 9.45. The summed E-state index contributed by atoms with van der Waals surface area (Å²) in [5.74, 6) is -0.0209. The third-order valence-corrected chi connectivity index (χ3v) is 7.24. The molecule has 2 aromatic carbocycles. The molecule has 0 saturated carbocycles. The summed E-state index contributed by atoms with van der Waals surface area (Å²) in [4.78, 5) is 30.2. The first-order valence-corrected chi connectivity index (χ1v) is 12.2. The number of aromatic nitrogens is 4. The number of para-hydroxylation sites is 2. The van der Waals surface area contributed by atoms with Crippen molar-refractivity contribution in [2.24, 2.45) is 0 Å². The Hall–Kier alpha value is -3.58. The minimum atomic E-state index is -0.0874. The van der Waals surface area contributed by atoms with Gasteiger partial charge in [0.05, 0.1) is 23.3 Å². The number of piperidine rings is 1. The number of carbonyl (C=O) groups is 1. The lowest BCUT2D eigenvalue weighted by Gasteiger charge is -2.32. The smallest absolute Gasteiger partial charge is 0.326 e. The lowest BCUT2D eigenvalue weighted by atomic mass is 10.0. The first kappa shape index (κ1) is 23.2. The maximum Gasteiger partial charge on any atom is 0.326 e. The molecule has 0 unspecified atom stereocenters. The Morgan fingerprint density at radius 3 is 2.60 bits per heavy atom. The number of benzene rings is 2. The maximum absolute atomic E-state index is 12.9. The average Bonchev–Trinajstić information content (AvgIpc) is 3.33. The maximum atomic E-state index is 12.9. The lowest BCUT2D eigenvalue weighted by Crippen LogP contribution is -2.39. The Balaban J connectivity index is 1.25. The van der Waals surface area contributed by atoms with Gasteiger partial charge >= 0.3 is 5.69 Å². The van der Waals surface area contributed by atoms with Gasteiger partial charge in [-0.25, -0.2) is 4.79 Å². The van der Waals surface area contributed by atoms with Crippen molar-refractivity contribution >= 4 is 34.6 Å². The Kier molecular flexibility index (Phi) is 6.34. The minimum Gasteiger partial charge on any atom is -0.339 e. The molecule has 5 rings (SSSR count). The van der Waals surface area contributed by atoms with Crippen LogP contribution < -0.4 is 5.69 Å². The quantitative estimate of drug-likeness (QED) is 0.412. The van der Waals surface area contributed by atoms with Crippen LogP contribution in [0.3, 0.4) is 0 Å². The van der Waals surface area contributed by atoms with Crippen molar-refractivity contribution in [3.8, 4) is 0 Å². The van der Waals surface area contributed by atoms with Gasteiger partial charge in [0.2, 0.25) is 5.91 Å². The summed E-state index contributed by atoms with van der Waals surface area (Å²) in [6.07, 6.45) is 4.98. The number of fused-ring (bicyclic) bond motifs is 1. The van der Waals surface area contributed by atoms with Crippen LogP contribution >= 0.6 is 11.6 Å². The van der Waals surface area contributed by atoms with Crippen molar-refractivity contribution in [1.29, 1.82) is 0 Å². The van der Waals surface area contributed by atoms with Crippen molar-refractivity contribution in [2.75, 3.05) is 13.1 Å². The first-order valence-electron chi connectivity index (χ1n) is 11.9. The van der Waals surface area contributed by atoms with Crippen LogP contribution in [0.5, 0.6) is 0 Å². The summed E-state index contributed by atoms with van der Waals surface area (Å²) in [7, 11) is 0. The van der Waals surface area contributed by atoms with E-state index in [1.165, 1.54) is 0 Å². The van der Waals surface area contributed by atoms with E-state index in [0.717, 1.165) is 46.4 Å². The number of aromatic amines is 1. The van der Waals surface area contributed by atoms with Gasteiger partial charge in [0, 0.05) is 41.5 Å². The third-order valence-electron chi connectivity index (χ3n) is 6.87. The van der Waals surface area contributed by atoms with Gasteiger partial charge in [-0.05, 0) is 56.5 Å². The fourth-order valence-corrected chi connectivity index (χ4v) is 5.13. The van der Waals surface area contributed by atoms with Gasteiger partial charge in [-0.3, -0.25) is 14.0 Å². The van der Waals surface area contributed by atoms with Crippen LogP contribution in [0.15, 0.2) is 59.4 Å². The van der Waals surface area contributed by atoms with Gasteiger partial charge in [0.15, 0.2) is 0 Å². The van der Waals surface area contributed by atoms with E-state index in [2.05, 4.69) is 10.1 Å². The normalized spacial score (nSPS) is 14.9. The first-order chi connectivity index (χ1) is 16.9. The van der Waals surface area contributed by atoms with E-state index in [0.29, 0.717) is 24.7 Å². The van der Waals surface area contributed by atoms with E-state index in [1.807, 2.05) is 82.6 Å². The molecule has 3 heterocycles. The zero-order valence-electron chi connectivity index (χ0n) is 19.9. The summed E-state index contributed by atoms with van der Waals surface area (Å²) in [6.45, 7) is 5.76. The van der Waals surface area contributed by atoms with Crippen molar-refractivity contribution in [1.82, 2.24) is 24.2 Å². The summed E-state index contributed by atoms with van der Waals surface area (Å²) in [6, 6.07) is 15.6. The number of nitrogens with zero attached hydrogens (tertiary/aromatic N) is 4. The number of rotatable bonds is 5. The molecule has 0 aliphatic carbocycles. The Morgan fingerprint density at radius 2 is 1.83 bits per heavy atom. The molecule has 0 bridgehead atoms. The van der Waals surface area contributed by atoms with Crippen LogP contribution in [0.4, 0.5) is 0 Å². The monoisotopic (exact) mass is 489 g/mol. The third kappa shape index (κ3) is 4.56. The second kappa shape index (κ2) is 9.58. The predicted molar refractivity (Wildman–Crippen MR) is 139 cm³/mol. The Labute approximate surface area is 208 Å². The zero-order chi connectivity index (χ0) is 24.5. The number of hydrogen-bond donors (Lipinski definition) is 1. The van der Waals surface area contributed by atoms with E-state index < -0.39 is 0 Å². The molecule has 4 aromatic rings. The number of aryl methyl sites for hydroxylation is 1. The molecule has 0 atom stereocenters. The topological polar surface area (TPSA) is 75.9 Å². The molecule has 180 valence electrons. The van der Waals surface area contributed by atoms with Gasteiger partial charge in [0.25, 0.3) is 0 Å². The Bertz CT molecular complexity index is 1470. The number of carbonyl (C=O) groups excluding carboxylic acids is 1. The standard InChI is InChI=1S/C27H28ClN5O2/c1-18-22(19(2)32(30-18)17-20-7-3-4-8-23(20)28)11-12-26(34)31-15-13-21(14-16-31)33-25-10-6-5-9-24(25)29-27(33)35/h3-12,21H,13-17H2,1-2H3,(H,29,35)/b12-11+. The van der Waals surface area contributed by atoms with Crippen molar-refractivity contribution < 1.29 is 4.79 Å². The number of nitrogens with one attached hydrogen (secondary N) is 1. The molecular formula is C27H28ClN5O2. The average molecular weight is 490 g/mol. The molecule has 1 aliphatic rings. The van der Waals surface area contributed by atoms with Gasteiger partial charge in [-0.2, -0.15) is 5.10 Å². The van der Waals surface area contributed by atoms with E-state index in [4.69, 9.17) is 11.6 Å².